The summed E-state index contributed by atoms with van der Waals surface area (Å²) in [7, 11) is 6.06. The molecule has 0 heterocycles. The summed E-state index contributed by atoms with van der Waals surface area (Å²) in [5, 5.41) is 3.66. The fraction of sp³-hybridized carbons (Fsp3) is 0.545. The highest BCUT2D eigenvalue weighted by molar-refractivity contribution is 5.59. The first-order valence-corrected chi connectivity index (χ1v) is 15.2. The zero-order chi connectivity index (χ0) is 29.6. The minimum atomic E-state index is -0.257. The largest absolute Gasteiger partial charge is 0.381 e. The number of likely N-dealkylation sites (N-methyl/N-ethyl adjacent to an activating group) is 2. The van der Waals surface area contributed by atoms with E-state index >= 15 is 0 Å². The molecule has 8 nitrogen and oxygen atoms in total. The maximum Gasteiger partial charge on any atom is 0.155 e. The van der Waals surface area contributed by atoms with Crippen LogP contribution in [-0.4, -0.2) is 62.4 Å². The van der Waals surface area contributed by atoms with E-state index in [0.717, 1.165) is 50.5 Å². The third-order valence-electron chi connectivity index (χ3n) is 8.20. The number of nitrogens with one attached hydrogen (secondary N) is 3. The van der Waals surface area contributed by atoms with Crippen LogP contribution in [-0.2, 0) is 29.1 Å². The summed E-state index contributed by atoms with van der Waals surface area (Å²) < 4.78 is 0. The summed E-state index contributed by atoms with van der Waals surface area (Å²) in [6.45, 7) is 8.55. The smallest absolute Gasteiger partial charge is 0.155 e. The normalized spacial score (nSPS) is 15.3. The molecule has 2 aromatic rings. The average molecular weight is 566 g/mol. The second-order valence-corrected chi connectivity index (χ2v) is 11.2. The molecule has 0 aliphatic heterocycles. The van der Waals surface area contributed by atoms with Gasteiger partial charge in [-0.25, -0.2) is 0 Å². The van der Waals surface area contributed by atoms with Crippen molar-refractivity contribution in [2.75, 3.05) is 34.2 Å². The molecule has 0 amide bonds. The van der Waals surface area contributed by atoms with E-state index in [1.54, 1.807) is 0 Å². The van der Waals surface area contributed by atoms with Crippen molar-refractivity contribution in [2.24, 2.45) is 11.8 Å². The lowest BCUT2D eigenvalue weighted by atomic mass is 9.88. The van der Waals surface area contributed by atoms with Crippen molar-refractivity contribution in [3.05, 3.63) is 77.0 Å². The second-order valence-electron chi connectivity index (χ2n) is 11.2. The van der Waals surface area contributed by atoms with Crippen molar-refractivity contribution < 1.29 is 14.6 Å². The van der Waals surface area contributed by atoms with Crippen LogP contribution in [0.4, 0.5) is 0 Å². The molecule has 0 saturated carbocycles. The van der Waals surface area contributed by atoms with E-state index < -0.39 is 0 Å². The standard InChI is InChI=1S/C33H51N5O3/c1-7-14-30(33(34-4)29-21-26-15-10-11-16-27(26)22-29)38(31(24-39)25(8-2)9-3)23-28-17-12-13-18-32(28)40-36-41-35-19-20-37(5)6/h10-18,24-25,29,31,33-36H,7-9,19-23H2,1-6H3/b30-14+/t31-,33?/m0/s1. The van der Waals surface area contributed by atoms with Gasteiger partial charge >= 0.3 is 0 Å². The molecule has 0 bridgehead atoms. The van der Waals surface area contributed by atoms with E-state index in [9.17, 15) is 4.79 Å². The Balaban J connectivity index is 1.90. The van der Waals surface area contributed by atoms with Crippen LogP contribution in [0.1, 0.15) is 56.7 Å². The number of para-hydroxylation sites is 1. The minimum absolute atomic E-state index is 0.106. The Morgan fingerprint density at radius 1 is 1.02 bits per heavy atom. The molecule has 0 saturated heterocycles. The molecule has 3 N–H and O–H groups in total. The Kier molecular flexibility index (Phi) is 13.8. The van der Waals surface area contributed by atoms with E-state index in [2.05, 4.69) is 83.4 Å². The van der Waals surface area contributed by atoms with E-state index in [-0.39, 0.29) is 18.0 Å². The van der Waals surface area contributed by atoms with Crippen LogP contribution < -0.4 is 21.3 Å². The van der Waals surface area contributed by atoms with E-state index in [1.165, 1.54) is 16.8 Å². The maximum atomic E-state index is 12.9. The van der Waals surface area contributed by atoms with Crippen molar-refractivity contribution in [2.45, 2.75) is 71.5 Å². The van der Waals surface area contributed by atoms with Crippen LogP contribution in [0.25, 0.3) is 0 Å². The van der Waals surface area contributed by atoms with E-state index in [0.29, 0.717) is 24.8 Å². The fourth-order valence-electron chi connectivity index (χ4n) is 6.00. The van der Waals surface area contributed by atoms with E-state index in [1.807, 2.05) is 39.3 Å². The zero-order valence-corrected chi connectivity index (χ0v) is 25.9. The summed E-state index contributed by atoms with van der Waals surface area (Å²) in [6, 6.07) is 16.5. The fourth-order valence-corrected chi connectivity index (χ4v) is 6.00. The van der Waals surface area contributed by atoms with Crippen LogP contribution in [0.2, 0.25) is 0 Å². The molecule has 226 valence electrons. The monoisotopic (exact) mass is 565 g/mol. The number of allylic oxidation sites excluding steroid dienone is 1. The molecule has 0 spiro atoms. The first-order valence-electron chi connectivity index (χ1n) is 15.2. The second kappa shape index (κ2) is 17.3. The third kappa shape index (κ3) is 9.12. The molecule has 41 heavy (non-hydrogen) atoms. The van der Waals surface area contributed by atoms with Crippen LogP contribution in [0, 0.1) is 11.8 Å². The van der Waals surface area contributed by atoms with Gasteiger partial charge in [0.2, 0.25) is 0 Å². The Labute approximate surface area is 247 Å². The van der Waals surface area contributed by atoms with Gasteiger partial charge in [-0.15, -0.1) is 0 Å². The summed E-state index contributed by atoms with van der Waals surface area (Å²) in [5.74, 6) is 1.30. The highest BCUT2D eigenvalue weighted by Crippen LogP contribution is 2.35. The highest BCUT2D eigenvalue weighted by Gasteiger charge is 2.36. The average Bonchev–Trinajstić information content (AvgIpc) is 3.41. The molecule has 1 aliphatic carbocycles. The first kappa shape index (κ1) is 32.8. The minimum Gasteiger partial charge on any atom is -0.381 e. The topological polar surface area (TPSA) is 78.1 Å². The van der Waals surface area contributed by atoms with Crippen molar-refractivity contribution >= 4 is 6.29 Å². The third-order valence-corrected chi connectivity index (χ3v) is 8.20. The molecular formula is C33H51N5O3. The number of hydrogen-bond acceptors (Lipinski definition) is 8. The van der Waals surface area contributed by atoms with Crippen LogP contribution in [0.3, 0.4) is 0 Å². The number of carbonyl (C=O) groups is 1. The highest BCUT2D eigenvalue weighted by atomic mass is 17.0. The van der Waals surface area contributed by atoms with Gasteiger partial charge in [0.1, 0.15) is 6.29 Å². The Hall–Kier alpha value is -2.75. The summed E-state index contributed by atoms with van der Waals surface area (Å²) in [6.07, 6.45) is 8.25. The van der Waals surface area contributed by atoms with Crippen molar-refractivity contribution in [1.82, 2.24) is 26.2 Å². The Morgan fingerprint density at radius 2 is 1.68 bits per heavy atom. The number of aldehydes is 1. The van der Waals surface area contributed by atoms with Gasteiger partial charge in [-0.3, -0.25) is 0 Å². The number of hydrogen-bond donors (Lipinski definition) is 3. The van der Waals surface area contributed by atoms with Gasteiger partial charge in [-0.2, -0.15) is 10.4 Å². The lowest BCUT2D eigenvalue weighted by Crippen LogP contribution is -2.48. The number of benzene rings is 2. The van der Waals surface area contributed by atoms with Gasteiger partial charge in [0, 0.05) is 30.9 Å². The molecule has 8 heteroatoms. The summed E-state index contributed by atoms with van der Waals surface area (Å²) >= 11 is 0. The van der Waals surface area contributed by atoms with Crippen molar-refractivity contribution in [3.63, 3.8) is 0 Å². The number of carbonyl (C=O) groups excluding carboxylic acids is 1. The molecule has 1 unspecified atom stereocenters. The molecule has 1 aliphatic rings. The molecule has 0 aromatic heterocycles. The lowest BCUT2D eigenvalue weighted by molar-refractivity contribution is -0.156. The van der Waals surface area contributed by atoms with Crippen LogP contribution in [0.5, 0.6) is 5.75 Å². The molecular weight excluding hydrogens is 514 g/mol. The maximum absolute atomic E-state index is 12.9. The number of rotatable bonds is 19. The first-order chi connectivity index (χ1) is 20.0. The Morgan fingerprint density at radius 3 is 2.27 bits per heavy atom. The van der Waals surface area contributed by atoms with Crippen molar-refractivity contribution in [1.29, 1.82) is 0 Å². The SMILES string of the molecule is CC/C=C(\C(NC)C1Cc2ccccc2C1)N(Cc1ccccc1ONONCCN(C)C)[C@@H](C=O)C(CC)CC. The lowest BCUT2D eigenvalue weighted by Gasteiger charge is -2.41. The molecule has 0 fully saturated rings. The van der Waals surface area contributed by atoms with Gasteiger partial charge in [0.05, 0.1) is 12.1 Å². The number of hydroxylamine groups is 1. The molecule has 0 radical (unpaired) electrons. The van der Waals surface area contributed by atoms with Gasteiger partial charge in [0.25, 0.3) is 0 Å². The predicted molar refractivity (Wildman–Crippen MR) is 166 cm³/mol. The van der Waals surface area contributed by atoms with Gasteiger partial charge in [-0.05, 0) is 75.1 Å². The van der Waals surface area contributed by atoms with Gasteiger partial charge < -0.3 is 24.7 Å². The molecule has 3 rings (SSSR count). The Bertz CT molecular complexity index is 1060. The van der Waals surface area contributed by atoms with Crippen LogP contribution in [0.15, 0.2) is 60.3 Å². The predicted octanol–water partition coefficient (Wildman–Crippen LogP) is 4.67. The van der Waals surface area contributed by atoms with Crippen molar-refractivity contribution in [3.8, 4) is 5.75 Å². The quantitative estimate of drug-likeness (QED) is 0.129. The summed E-state index contributed by atoms with van der Waals surface area (Å²) in [4.78, 5) is 28.4. The summed E-state index contributed by atoms with van der Waals surface area (Å²) in [5.41, 5.74) is 10.4. The zero-order valence-electron chi connectivity index (χ0n) is 25.9. The van der Waals surface area contributed by atoms with Gasteiger partial charge in [0.15, 0.2) is 5.75 Å². The van der Waals surface area contributed by atoms with Gasteiger partial charge in [-0.1, -0.05) is 82.2 Å². The molecule has 2 aromatic carbocycles. The number of fused-ring (bicyclic) bond motifs is 1. The number of nitrogens with zero attached hydrogens (tertiary/aromatic N) is 2. The van der Waals surface area contributed by atoms with E-state index in [4.69, 9.17) is 9.78 Å². The van der Waals surface area contributed by atoms with Crippen LogP contribution >= 0.6 is 0 Å². The molecule has 2 atom stereocenters.